The molecule has 31 heavy (non-hydrogen) atoms. The summed E-state index contributed by atoms with van der Waals surface area (Å²) in [7, 11) is 0. The van der Waals surface area contributed by atoms with Crippen molar-refractivity contribution in [1.82, 2.24) is 9.97 Å². The van der Waals surface area contributed by atoms with Gasteiger partial charge < -0.3 is 9.40 Å². The van der Waals surface area contributed by atoms with Crippen LogP contribution in [0.25, 0.3) is 55.5 Å². The Kier molecular flexibility index (Phi) is 3.97. The number of benzene rings is 4. The lowest BCUT2D eigenvalue weighted by atomic mass is 9.92. The second-order valence-corrected chi connectivity index (χ2v) is 8.35. The summed E-state index contributed by atoms with van der Waals surface area (Å²) in [6, 6.07) is 29.6. The van der Waals surface area contributed by atoms with Crippen LogP contribution in [0.5, 0.6) is 0 Å². The number of fused-ring (bicyclic) bond motifs is 5. The van der Waals surface area contributed by atoms with Crippen molar-refractivity contribution in [2.45, 2.75) is 19.8 Å². The number of nitrogens with zero attached hydrogens (tertiary/aromatic N) is 1. The van der Waals surface area contributed by atoms with Crippen LogP contribution in [0.4, 0.5) is 0 Å². The first-order chi connectivity index (χ1) is 15.2. The summed E-state index contributed by atoms with van der Waals surface area (Å²) in [5, 5.41) is 2.35. The third-order valence-corrected chi connectivity index (χ3v) is 6.04. The normalized spacial score (nSPS) is 11.8. The summed E-state index contributed by atoms with van der Waals surface area (Å²) in [5.41, 5.74) is 8.64. The number of hydrogen-bond donors (Lipinski definition) is 1. The Morgan fingerprint density at radius 3 is 2.42 bits per heavy atom. The van der Waals surface area contributed by atoms with E-state index in [0.29, 0.717) is 11.8 Å². The molecule has 2 heterocycles. The van der Waals surface area contributed by atoms with Crippen molar-refractivity contribution in [2.75, 3.05) is 0 Å². The predicted octanol–water partition coefficient (Wildman–Crippen LogP) is 7.92. The molecule has 0 amide bonds. The summed E-state index contributed by atoms with van der Waals surface area (Å²) in [6.07, 6.45) is 0. The molecule has 0 unspecified atom stereocenters. The molecule has 0 fully saturated rings. The Morgan fingerprint density at radius 1 is 0.774 bits per heavy atom. The van der Waals surface area contributed by atoms with Crippen molar-refractivity contribution < 1.29 is 4.42 Å². The van der Waals surface area contributed by atoms with Crippen molar-refractivity contribution in [3.05, 3.63) is 90.5 Å². The Bertz CT molecular complexity index is 1550. The number of aromatic nitrogens is 2. The first kappa shape index (κ1) is 18.0. The number of oxazole rings is 1. The first-order valence-corrected chi connectivity index (χ1v) is 10.7. The van der Waals surface area contributed by atoms with Crippen LogP contribution in [0.15, 0.2) is 89.3 Å². The fourth-order valence-electron chi connectivity index (χ4n) is 4.49. The molecular weight excluding hydrogens is 380 g/mol. The van der Waals surface area contributed by atoms with Gasteiger partial charge in [-0.2, -0.15) is 0 Å². The van der Waals surface area contributed by atoms with Crippen molar-refractivity contribution in [1.29, 1.82) is 0 Å². The monoisotopic (exact) mass is 402 g/mol. The average molecular weight is 402 g/mol. The molecule has 0 saturated heterocycles. The van der Waals surface area contributed by atoms with E-state index in [9.17, 15) is 0 Å². The Morgan fingerprint density at radius 2 is 1.58 bits per heavy atom. The molecule has 0 bridgehead atoms. The van der Waals surface area contributed by atoms with Crippen molar-refractivity contribution in [2.24, 2.45) is 0 Å². The van der Waals surface area contributed by atoms with Gasteiger partial charge in [-0.1, -0.05) is 62.4 Å². The standard InChI is InChI=1S/C28H22N2O/c1-17(2)20-10-6-7-11-21(20)19-12-14-24-23(16-19)22-13-15-25-27(26(22)29-24)31-28(30-25)18-8-4-3-5-9-18/h3-17,29H,1-2H3. The highest BCUT2D eigenvalue weighted by atomic mass is 16.3. The summed E-state index contributed by atoms with van der Waals surface area (Å²) in [6.45, 7) is 4.49. The van der Waals surface area contributed by atoms with Gasteiger partial charge in [0.05, 0.1) is 5.52 Å². The zero-order valence-electron chi connectivity index (χ0n) is 17.5. The van der Waals surface area contributed by atoms with Gasteiger partial charge in [0.15, 0.2) is 5.58 Å². The van der Waals surface area contributed by atoms with Gasteiger partial charge >= 0.3 is 0 Å². The van der Waals surface area contributed by atoms with E-state index in [0.717, 1.165) is 33.1 Å². The topological polar surface area (TPSA) is 41.8 Å². The van der Waals surface area contributed by atoms with Gasteiger partial charge in [-0.25, -0.2) is 4.98 Å². The molecule has 0 atom stereocenters. The minimum Gasteiger partial charge on any atom is -0.434 e. The maximum absolute atomic E-state index is 6.22. The van der Waals surface area contributed by atoms with E-state index in [1.54, 1.807) is 0 Å². The molecule has 0 radical (unpaired) electrons. The second-order valence-electron chi connectivity index (χ2n) is 8.35. The number of rotatable bonds is 3. The highest BCUT2D eigenvalue weighted by Gasteiger charge is 2.15. The summed E-state index contributed by atoms with van der Waals surface area (Å²) < 4.78 is 6.22. The third kappa shape index (κ3) is 2.85. The minimum absolute atomic E-state index is 0.472. The van der Waals surface area contributed by atoms with Crippen LogP contribution >= 0.6 is 0 Å². The minimum atomic E-state index is 0.472. The molecule has 150 valence electrons. The van der Waals surface area contributed by atoms with Gasteiger partial charge in [0.2, 0.25) is 5.89 Å². The van der Waals surface area contributed by atoms with Gasteiger partial charge in [0, 0.05) is 21.9 Å². The van der Waals surface area contributed by atoms with Crippen molar-refractivity contribution in [3.8, 4) is 22.6 Å². The molecule has 3 nitrogen and oxygen atoms in total. The maximum Gasteiger partial charge on any atom is 0.227 e. The van der Waals surface area contributed by atoms with Crippen LogP contribution in [-0.4, -0.2) is 9.97 Å². The number of H-pyrrole nitrogens is 1. The van der Waals surface area contributed by atoms with Crippen LogP contribution in [0, 0.1) is 0 Å². The van der Waals surface area contributed by atoms with Crippen molar-refractivity contribution >= 4 is 32.9 Å². The third-order valence-electron chi connectivity index (χ3n) is 6.04. The summed E-state index contributed by atoms with van der Waals surface area (Å²) >= 11 is 0. The highest BCUT2D eigenvalue weighted by Crippen LogP contribution is 2.37. The first-order valence-electron chi connectivity index (χ1n) is 10.7. The smallest absolute Gasteiger partial charge is 0.227 e. The molecule has 0 spiro atoms. The quantitative estimate of drug-likeness (QED) is 0.327. The fourth-order valence-corrected chi connectivity index (χ4v) is 4.49. The molecule has 0 saturated carbocycles. The Balaban J connectivity index is 1.56. The van der Waals surface area contributed by atoms with E-state index in [2.05, 4.69) is 73.4 Å². The number of hydrogen-bond acceptors (Lipinski definition) is 2. The van der Waals surface area contributed by atoms with E-state index >= 15 is 0 Å². The van der Waals surface area contributed by atoms with Gasteiger partial charge in [-0.05, 0) is 59.0 Å². The molecule has 2 aromatic heterocycles. The molecule has 4 aromatic carbocycles. The van der Waals surface area contributed by atoms with Gasteiger partial charge in [0.1, 0.15) is 5.52 Å². The van der Waals surface area contributed by atoms with Crippen molar-refractivity contribution in [3.63, 3.8) is 0 Å². The lowest BCUT2D eigenvalue weighted by molar-refractivity contribution is 0.622. The van der Waals surface area contributed by atoms with E-state index in [1.807, 2.05) is 30.3 Å². The van der Waals surface area contributed by atoms with Crippen LogP contribution in [-0.2, 0) is 0 Å². The van der Waals surface area contributed by atoms with Crippen LogP contribution in [0.1, 0.15) is 25.3 Å². The highest BCUT2D eigenvalue weighted by molar-refractivity contribution is 6.15. The average Bonchev–Trinajstić information content (AvgIpc) is 3.40. The zero-order valence-corrected chi connectivity index (χ0v) is 17.5. The molecule has 0 aliphatic rings. The van der Waals surface area contributed by atoms with E-state index in [1.165, 1.54) is 22.1 Å². The van der Waals surface area contributed by atoms with E-state index in [4.69, 9.17) is 9.40 Å². The van der Waals surface area contributed by atoms with Crippen LogP contribution in [0.2, 0.25) is 0 Å². The SMILES string of the molecule is CC(C)c1ccccc1-c1ccc2[nH]c3c(ccc4nc(-c5ccccc5)oc43)c2c1. The lowest BCUT2D eigenvalue weighted by Gasteiger charge is -2.13. The molecule has 0 aliphatic carbocycles. The van der Waals surface area contributed by atoms with Gasteiger partial charge in [0.25, 0.3) is 0 Å². The van der Waals surface area contributed by atoms with E-state index < -0.39 is 0 Å². The number of nitrogens with one attached hydrogen (secondary N) is 1. The molecule has 0 aliphatic heterocycles. The molecule has 6 rings (SSSR count). The Labute approximate surface area is 180 Å². The summed E-state index contributed by atoms with van der Waals surface area (Å²) in [5.74, 6) is 1.12. The molecule has 3 heteroatoms. The molecule has 6 aromatic rings. The zero-order chi connectivity index (χ0) is 20.9. The summed E-state index contributed by atoms with van der Waals surface area (Å²) in [4.78, 5) is 8.28. The molecule has 1 N–H and O–H groups in total. The molecular formula is C28H22N2O. The van der Waals surface area contributed by atoms with E-state index in [-0.39, 0.29) is 0 Å². The largest absolute Gasteiger partial charge is 0.434 e. The number of aromatic amines is 1. The fraction of sp³-hybridized carbons (Fsp3) is 0.107. The maximum atomic E-state index is 6.22. The predicted molar refractivity (Wildman–Crippen MR) is 128 cm³/mol. The van der Waals surface area contributed by atoms with Crippen LogP contribution < -0.4 is 0 Å². The Hall–Kier alpha value is -3.85. The van der Waals surface area contributed by atoms with Gasteiger partial charge in [-0.3, -0.25) is 0 Å². The second kappa shape index (κ2) is 6.85. The van der Waals surface area contributed by atoms with Crippen LogP contribution in [0.3, 0.4) is 0 Å². The lowest BCUT2D eigenvalue weighted by Crippen LogP contribution is -1.91. The van der Waals surface area contributed by atoms with Gasteiger partial charge in [-0.15, -0.1) is 0 Å².